The quantitative estimate of drug-likeness (QED) is 0.836. The zero-order chi connectivity index (χ0) is 15.2. The Morgan fingerprint density at radius 1 is 1.38 bits per heavy atom. The number of carbonyl (C=O) groups excluding carboxylic acids is 1. The topological polar surface area (TPSA) is 29.5 Å². The van der Waals surface area contributed by atoms with E-state index in [1.54, 1.807) is 0 Å². The Balaban J connectivity index is 1.79. The zero-order valence-corrected chi connectivity index (χ0v) is 13.5. The van der Waals surface area contributed by atoms with Gasteiger partial charge in [0.25, 0.3) is 0 Å². The van der Waals surface area contributed by atoms with E-state index in [1.165, 1.54) is 16.7 Å². The van der Waals surface area contributed by atoms with Crippen LogP contribution in [-0.2, 0) is 16.0 Å². The van der Waals surface area contributed by atoms with E-state index in [0.717, 1.165) is 13.0 Å². The molecule has 0 amide bonds. The second kappa shape index (κ2) is 5.22. The normalized spacial score (nSPS) is 25.5. The number of hydrogen-bond acceptors (Lipinski definition) is 3. The molecule has 3 nitrogen and oxygen atoms in total. The van der Waals surface area contributed by atoms with Crippen molar-refractivity contribution in [3.8, 4) is 0 Å². The minimum atomic E-state index is -0.262. The molecule has 3 rings (SSSR count). The Morgan fingerprint density at radius 3 is 2.86 bits per heavy atom. The van der Waals surface area contributed by atoms with Crippen molar-refractivity contribution in [2.45, 2.75) is 52.8 Å². The predicted octanol–water partition coefficient (Wildman–Crippen LogP) is 3.26. The first-order valence-corrected chi connectivity index (χ1v) is 7.86. The van der Waals surface area contributed by atoms with Crippen molar-refractivity contribution in [1.29, 1.82) is 0 Å². The molecule has 2 aliphatic rings. The van der Waals surface area contributed by atoms with Crippen molar-refractivity contribution in [1.82, 2.24) is 4.90 Å². The number of nitrogens with zero attached hydrogens (tertiary/aromatic N) is 1. The largest absolute Gasteiger partial charge is 0.357 e. The SMILES string of the molecule is Cc1ccc2c(c1)[C@@H]1OC[C@@H](CC(=O)C(C)(C)C)N1CC2. The van der Waals surface area contributed by atoms with Crippen LogP contribution in [0.1, 0.15) is 50.1 Å². The maximum atomic E-state index is 12.3. The van der Waals surface area contributed by atoms with Gasteiger partial charge in [0, 0.05) is 24.4 Å². The summed E-state index contributed by atoms with van der Waals surface area (Å²) < 4.78 is 6.04. The minimum Gasteiger partial charge on any atom is -0.357 e. The Kier molecular flexibility index (Phi) is 3.66. The molecule has 2 aliphatic heterocycles. The van der Waals surface area contributed by atoms with Crippen molar-refractivity contribution in [2.75, 3.05) is 13.2 Å². The highest BCUT2D eigenvalue weighted by Crippen LogP contribution is 2.38. The first kappa shape index (κ1) is 14.7. The lowest BCUT2D eigenvalue weighted by molar-refractivity contribution is -0.127. The number of fused-ring (bicyclic) bond motifs is 3. The van der Waals surface area contributed by atoms with E-state index in [0.29, 0.717) is 18.8 Å². The summed E-state index contributed by atoms with van der Waals surface area (Å²) in [6.07, 6.45) is 1.70. The smallest absolute Gasteiger partial charge is 0.139 e. The van der Waals surface area contributed by atoms with Crippen molar-refractivity contribution < 1.29 is 9.53 Å². The average molecular weight is 287 g/mol. The average Bonchev–Trinajstić information content (AvgIpc) is 2.81. The standard InChI is InChI=1S/C18H25NO2/c1-12-5-6-13-7-8-19-14(10-16(20)18(2,3)4)11-21-17(19)15(13)9-12/h5-6,9,14,17H,7-8,10-11H2,1-4H3/t14-,17+/m1/s1. The van der Waals surface area contributed by atoms with Crippen LogP contribution < -0.4 is 0 Å². The van der Waals surface area contributed by atoms with Gasteiger partial charge in [-0.1, -0.05) is 44.5 Å². The fourth-order valence-corrected chi connectivity index (χ4v) is 3.27. The van der Waals surface area contributed by atoms with Crippen molar-refractivity contribution >= 4 is 5.78 Å². The van der Waals surface area contributed by atoms with Crippen LogP contribution in [0.5, 0.6) is 0 Å². The van der Waals surface area contributed by atoms with Gasteiger partial charge >= 0.3 is 0 Å². The summed E-state index contributed by atoms with van der Waals surface area (Å²) in [6, 6.07) is 6.86. The molecule has 0 unspecified atom stereocenters. The summed E-state index contributed by atoms with van der Waals surface area (Å²) in [5.74, 6) is 0.326. The molecule has 0 aliphatic carbocycles. The molecule has 0 N–H and O–H groups in total. The van der Waals surface area contributed by atoms with Gasteiger partial charge in [-0.15, -0.1) is 0 Å². The van der Waals surface area contributed by atoms with Gasteiger partial charge < -0.3 is 4.74 Å². The highest BCUT2D eigenvalue weighted by molar-refractivity contribution is 5.84. The third-order valence-corrected chi connectivity index (χ3v) is 4.68. The van der Waals surface area contributed by atoms with E-state index >= 15 is 0 Å². The van der Waals surface area contributed by atoms with Crippen molar-refractivity contribution in [3.05, 3.63) is 34.9 Å². The second-order valence-electron chi connectivity index (χ2n) is 7.41. The molecular weight excluding hydrogens is 262 g/mol. The van der Waals surface area contributed by atoms with Crippen molar-refractivity contribution in [3.63, 3.8) is 0 Å². The third kappa shape index (κ3) is 2.77. The lowest BCUT2D eigenvalue weighted by Crippen LogP contribution is -2.40. The van der Waals surface area contributed by atoms with E-state index in [1.807, 2.05) is 20.8 Å². The Bertz CT molecular complexity index is 559. The number of aryl methyl sites for hydroxylation is 1. The number of hydrogen-bond donors (Lipinski definition) is 0. The van der Waals surface area contributed by atoms with Crippen LogP contribution in [0.4, 0.5) is 0 Å². The van der Waals surface area contributed by atoms with Crippen LogP contribution in [0, 0.1) is 12.3 Å². The zero-order valence-electron chi connectivity index (χ0n) is 13.5. The van der Waals surface area contributed by atoms with Gasteiger partial charge in [-0.2, -0.15) is 0 Å². The number of ketones is 1. The first-order valence-electron chi connectivity index (χ1n) is 7.86. The van der Waals surface area contributed by atoms with Crippen LogP contribution in [0.15, 0.2) is 18.2 Å². The van der Waals surface area contributed by atoms with E-state index in [2.05, 4.69) is 30.0 Å². The molecule has 0 aromatic heterocycles. The molecule has 114 valence electrons. The molecule has 21 heavy (non-hydrogen) atoms. The first-order chi connectivity index (χ1) is 9.86. The van der Waals surface area contributed by atoms with Gasteiger partial charge in [-0.3, -0.25) is 9.69 Å². The van der Waals surface area contributed by atoms with Gasteiger partial charge in [0.2, 0.25) is 0 Å². The highest BCUT2D eigenvalue weighted by Gasteiger charge is 2.40. The van der Waals surface area contributed by atoms with Crippen LogP contribution in [0.2, 0.25) is 0 Å². The molecule has 1 aromatic rings. The number of carbonyl (C=O) groups is 1. The number of rotatable bonds is 2. The Hall–Kier alpha value is -1.19. The summed E-state index contributed by atoms with van der Waals surface area (Å²) in [5, 5.41) is 0. The lowest BCUT2D eigenvalue weighted by atomic mass is 9.86. The molecule has 3 heteroatoms. The van der Waals surface area contributed by atoms with Gasteiger partial charge in [-0.25, -0.2) is 0 Å². The van der Waals surface area contributed by atoms with Gasteiger partial charge in [0.15, 0.2) is 0 Å². The van der Waals surface area contributed by atoms with E-state index in [4.69, 9.17) is 4.74 Å². The fraction of sp³-hybridized carbons (Fsp3) is 0.611. The molecular formula is C18H25NO2. The van der Waals surface area contributed by atoms with E-state index in [-0.39, 0.29) is 17.7 Å². The predicted molar refractivity (Wildman–Crippen MR) is 83.1 cm³/mol. The number of benzene rings is 1. The molecule has 1 aromatic carbocycles. The molecule has 1 saturated heterocycles. The second-order valence-corrected chi connectivity index (χ2v) is 7.41. The van der Waals surface area contributed by atoms with Crippen molar-refractivity contribution in [2.24, 2.45) is 5.41 Å². The van der Waals surface area contributed by atoms with Crippen LogP contribution in [0.3, 0.4) is 0 Å². The minimum absolute atomic E-state index is 0.0476. The molecule has 0 bridgehead atoms. The maximum absolute atomic E-state index is 12.3. The summed E-state index contributed by atoms with van der Waals surface area (Å²) in [7, 11) is 0. The fourth-order valence-electron chi connectivity index (χ4n) is 3.27. The molecule has 0 saturated carbocycles. The number of ether oxygens (including phenoxy) is 1. The highest BCUT2D eigenvalue weighted by atomic mass is 16.5. The van der Waals surface area contributed by atoms with Crippen LogP contribution in [0.25, 0.3) is 0 Å². The number of Topliss-reactive ketones (excluding diaryl/α,β-unsaturated/α-hetero) is 1. The summed E-state index contributed by atoms with van der Waals surface area (Å²) in [5.41, 5.74) is 3.70. The Labute approximate surface area is 127 Å². The maximum Gasteiger partial charge on any atom is 0.139 e. The summed E-state index contributed by atoms with van der Waals surface area (Å²) >= 11 is 0. The van der Waals surface area contributed by atoms with Gasteiger partial charge in [0.05, 0.1) is 6.61 Å². The van der Waals surface area contributed by atoms with E-state index < -0.39 is 0 Å². The summed E-state index contributed by atoms with van der Waals surface area (Å²) in [6.45, 7) is 9.77. The van der Waals surface area contributed by atoms with Crippen LogP contribution in [-0.4, -0.2) is 29.9 Å². The molecule has 2 atom stereocenters. The lowest BCUT2D eigenvalue weighted by Gasteiger charge is -2.34. The van der Waals surface area contributed by atoms with E-state index in [9.17, 15) is 4.79 Å². The van der Waals surface area contributed by atoms with Gasteiger partial charge in [-0.05, 0) is 24.5 Å². The molecule has 1 fully saturated rings. The monoisotopic (exact) mass is 287 g/mol. The third-order valence-electron chi connectivity index (χ3n) is 4.68. The Morgan fingerprint density at radius 2 is 2.14 bits per heavy atom. The summed E-state index contributed by atoms with van der Waals surface area (Å²) in [4.78, 5) is 14.7. The molecule has 0 radical (unpaired) electrons. The molecule has 2 heterocycles. The van der Waals surface area contributed by atoms with Gasteiger partial charge in [0.1, 0.15) is 12.0 Å². The molecule has 0 spiro atoms. The van der Waals surface area contributed by atoms with Crippen LogP contribution >= 0.6 is 0 Å².